The molecule has 7 nitrogen and oxygen atoms in total. The van der Waals surface area contributed by atoms with Gasteiger partial charge in [-0.3, -0.25) is 9.69 Å². The summed E-state index contributed by atoms with van der Waals surface area (Å²) in [5.41, 5.74) is 0.987. The molecular weight excluding hydrogens is 352 g/mol. The molecule has 0 amide bonds. The Hall–Kier alpha value is -2.93. The zero-order valence-corrected chi connectivity index (χ0v) is 16.3. The largest absolute Gasteiger partial charge is 0.368 e. The Morgan fingerprint density at radius 2 is 2.18 bits per heavy atom. The van der Waals surface area contributed by atoms with Crippen molar-refractivity contribution in [2.24, 2.45) is 0 Å². The molecule has 0 aliphatic carbocycles. The lowest BCUT2D eigenvalue weighted by atomic mass is 10.2. The number of H-pyrrole nitrogens is 1. The fourth-order valence-electron chi connectivity index (χ4n) is 3.90. The molecule has 0 unspecified atom stereocenters. The summed E-state index contributed by atoms with van der Waals surface area (Å²) < 4.78 is 0. The zero-order valence-electron chi connectivity index (χ0n) is 16.3. The number of aromatic nitrogens is 3. The predicted octanol–water partition coefficient (Wildman–Crippen LogP) is 3.27. The van der Waals surface area contributed by atoms with E-state index >= 15 is 0 Å². The molecule has 7 heteroatoms. The van der Waals surface area contributed by atoms with Crippen LogP contribution in [0.3, 0.4) is 0 Å². The first-order valence-electron chi connectivity index (χ1n) is 9.84. The van der Waals surface area contributed by atoms with Gasteiger partial charge in [-0.25, -0.2) is 9.97 Å². The number of fused-ring (bicyclic) bond motifs is 1. The van der Waals surface area contributed by atoms with E-state index in [2.05, 4.69) is 32.4 Å². The second-order valence-corrected chi connectivity index (χ2v) is 7.28. The zero-order chi connectivity index (χ0) is 19.5. The number of likely N-dealkylation sites (tertiary alicyclic amines) is 1. The van der Waals surface area contributed by atoms with Gasteiger partial charge in [0.15, 0.2) is 0 Å². The van der Waals surface area contributed by atoms with E-state index in [1.165, 1.54) is 12.8 Å². The second-order valence-electron chi connectivity index (χ2n) is 7.28. The highest BCUT2D eigenvalue weighted by molar-refractivity contribution is 5.93. The van der Waals surface area contributed by atoms with Crippen LogP contribution in [0.25, 0.3) is 10.8 Å². The SMILES string of the molecule is CCN1CCC[C@@H]1CNc1nc(Nc2cc(C)ccn2)cc2cc[nH]c(=O)c12. The number of aryl methyl sites for hydroxylation is 1. The van der Waals surface area contributed by atoms with Crippen LogP contribution in [-0.2, 0) is 0 Å². The molecule has 3 N–H and O–H groups in total. The minimum Gasteiger partial charge on any atom is -0.368 e. The van der Waals surface area contributed by atoms with Crippen LogP contribution in [0.4, 0.5) is 17.5 Å². The van der Waals surface area contributed by atoms with Gasteiger partial charge in [-0.2, -0.15) is 0 Å². The maximum Gasteiger partial charge on any atom is 0.259 e. The molecule has 3 aromatic heterocycles. The Morgan fingerprint density at radius 3 is 3.00 bits per heavy atom. The van der Waals surface area contributed by atoms with Crippen molar-refractivity contribution in [1.29, 1.82) is 0 Å². The van der Waals surface area contributed by atoms with Crippen molar-refractivity contribution < 1.29 is 0 Å². The summed E-state index contributed by atoms with van der Waals surface area (Å²) in [6.45, 7) is 7.17. The van der Waals surface area contributed by atoms with E-state index in [9.17, 15) is 4.79 Å². The molecule has 0 spiro atoms. The maximum atomic E-state index is 12.5. The van der Waals surface area contributed by atoms with Gasteiger partial charge in [-0.1, -0.05) is 6.92 Å². The van der Waals surface area contributed by atoms with Gasteiger partial charge in [-0.15, -0.1) is 0 Å². The van der Waals surface area contributed by atoms with Crippen LogP contribution in [0.5, 0.6) is 0 Å². The normalized spacial score (nSPS) is 17.1. The third-order valence-corrected chi connectivity index (χ3v) is 5.34. The number of nitrogens with zero attached hydrogens (tertiary/aromatic N) is 3. The summed E-state index contributed by atoms with van der Waals surface area (Å²) in [5, 5.41) is 8.13. The van der Waals surface area contributed by atoms with Crippen molar-refractivity contribution in [3.63, 3.8) is 0 Å². The molecule has 4 rings (SSSR count). The quantitative estimate of drug-likeness (QED) is 0.610. The van der Waals surface area contributed by atoms with Crippen molar-refractivity contribution in [2.75, 3.05) is 30.3 Å². The Balaban J connectivity index is 1.66. The predicted molar refractivity (Wildman–Crippen MR) is 113 cm³/mol. The van der Waals surface area contributed by atoms with Crippen molar-refractivity contribution in [2.45, 2.75) is 32.7 Å². The average molecular weight is 378 g/mol. The molecule has 4 heterocycles. The minimum absolute atomic E-state index is 0.133. The summed E-state index contributed by atoms with van der Waals surface area (Å²) in [4.78, 5) is 26.7. The summed E-state index contributed by atoms with van der Waals surface area (Å²) >= 11 is 0. The highest BCUT2D eigenvalue weighted by Crippen LogP contribution is 2.25. The van der Waals surface area contributed by atoms with Crippen molar-refractivity contribution in [1.82, 2.24) is 19.9 Å². The van der Waals surface area contributed by atoms with Crippen LogP contribution in [-0.4, -0.2) is 45.5 Å². The average Bonchev–Trinajstić information content (AvgIpc) is 3.14. The van der Waals surface area contributed by atoms with Crippen LogP contribution in [0.1, 0.15) is 25.3 Å². The summed E-state index contributed by atoms with van der Waals surface area (Å²) in [7, 11) is 0. The van der Waals surface area contributed by atoms with Gasteiger partial charge in [-0.05, 0) is 68.1 Å². The monoisotopic (exact) mass is 378 g/mol. The van der Waals surface area contributed by atoms with Gasteiger partial charge in [0.2, 0.25) is 0 Å². The molecule has 28 heavy (non-hydrogen) atoms. The maximum absolute atomic E-state index is 12.5. The highest BCUT2D eigenvalue weighted by Gasteiger charge is 2.23. The molecule has 0 bridgehead atoms. The number of hydrogen-bond donors (Lipinski definition) is 3. The third-order valence-electron chi connectivity index (χ3n) is 5.34. The van der Waals surface area contributed by atoms with Crippen LogP contribution in [0.2, 0.25) is 0 Å². The van der Waals surface area contributed by atoms with E-state index in [-0.39, 0.29) is 5.56 Å². The van der Waals surface area contributed by atoms with Gasteiger partial charge in [0.25, 0.3) is 5.56 Å². The van der Waals surface area contributed by atoms with Gasteiger partial charge < -0.3 is 15.6 Å². The molecule has 1 aliphatic heterocycles. The van der Waals surface area contributed by atoms with Crippen LogP contribution >= 0.6 is 0 Å². The number of pyridine rings is 3. The van der Waals surface area contributed by atoms with E-state index < -0.39 is 0 Å². The molecule has 0 radical (unpaired) electrons. The molecule has 1 atom stereocenters. The first kappa shape index (κ1) is 18.4. The third kappa shape index (κ3) is 3.84. The molecule has 0 saturated carbocycles. The van der Waals surface area contributed by atoms with E-state index in [0.29, 0.717) is 23.1 Å². The number of hydrogen-bond acceptors (Lipinski definition) is 6. The Labute approximate surface area is 164 Å². The Bertz CT molecular complexity index is 1030. The summed E-state index contributed by atoms with van der Waals surface area (Å²) in [5.74, 6) is 2.01. The molecule has 1 saturated heterocycles. The van der Waals surface area contributed by atoms with E-state index in [1.807, 2.05) is 31.2 Å². The van der Waals surface area contributed by atoms with Crippen LogP contribution in [0.15, 0.2) is 41.5 Å². The minimum atomic E-state index is -0.133. The van der Waals surface area contributed by atoms with Crippen molar-refractivity contribution in [3.05, 3.63) is 52.6 Å². The number of rotatable bonds is 6. The smallest absolute Gasteiger partial charge is 0.259 e. The summed E-state index contributed by atoms with van der Waals surface area (Å²) in [6, 6.07) is 8.17. The number of aromatic amines is 1. The highest BCUT2D eigenvalue weighted by atomic mass is 16.1. The van der Waals surface area contributed by atoms with E-state index in [0.717, 1.165) is 36.4 Å². The lowest BCUT2D eigenvalue weighted by Crippen LogP contribution is -2.35. The van der Waals surface area contributed by atoms with Gasteiger partial charge in [0, 0.05) is 25.0 Å². The van der Waals surface area contributed by atoms with Gasteiger partial charge in [0.05, 0.1) is 5.39 Å². The van der Waals surface area contributed by atoms with Crippen molar-refractivity contribution >= 4 is 28.2 Å². The lowest BCUT2D eigenvalue weighted by Gasteiger charge is -2.23. The summed E-state index contributed by atoms with van der Waals surface area (Å²) in [6.07, 6.45) is 5.82. The first-order chi connectivity index (χ1) is 13.6. The van der Waals surface area contributed by atoms with Gasteiger partial charge in [0.1, 0.15) is 17.5 Å². The molecule has 3 aromatic rings. The van der Waals surface area contributed by atoms with Crippen molar-refractivity contribution in [3.8, 4) is 0 Å². The number of anilines is 3. The fraction of sp³-hybridized carbons (Fsp3) is 0.381. The van der Waals surface area contributed by atoms with Crippen LogP contribution < -0.4 is 16.2 Å². The lowest BCUT2D eigenvalue weighted by molar-refractivity contribution is 0.277. The van der Waals surface area contributed by atoms with Crippen LogP contribution in [0, 0.1) is 6.92 Å². The molecular formula is C21H26N6O. The molecule has 1 aliphatic rings. The molecule has 146 valence electrons. The topological polar surface area (TPSA) is 85.9 Å². The van der Waals surface area contributed by atoms with E-state index in [1.54, 1.807) is 12.4 Å². The Morgan fingerprint density at radius 1 is 1.29 bits per heavy atom. The fourth-order valence-corrected chi connectivity index (χ4v) is 3.90. The standard InChI is InChI=1S/C21H26N6O/c1-3-27-10-4-5-16(27)13-24-20-19-15(7-9-23-21(19)28)12-18(26-20)25-17-11-14(2)6-8-22-17/h6-9,11-12,16H,3-5,10,13H2,1-2H3,(H,23,28)(H2,22,24,25,26)/t16-/m1/s1. The van der Waals surface area contributed by atoms with Gasteiger partial charge >= 0.3 is 0 Å². The first-order valence-corrected chi connectivity index (χ1v) is 9.84. The number of nitrogens with one attached hydrogen (secondary N) is 3. The molecule has 0 aromatic carbocycles. The number of likely N-dealkylation sites (N-methyl/N-ethyl adjacent to an activating group) is 1. The Kier molecular flexibility index (Phi) is 5.25. The molecule has 1 fully saturated rings. The van der Waals surface area contributed by atoms with E-state index in [4.69, 9.17) is 4.98 Å². The second kappa shape index (κ2) is 7.98.